The molecule has 1 rings (SSSR count). The lowest BCUT2D eigenvalue weighted by atomic mass is 10.3. The van der Waals surface area contributed by atoms with Crippen LogP contribution in [0.4, 0.5) is 5.69 Å². The summed E-state index contributed by atoms with van der Waals surface area (Å²) in [6.45, 7) is -0.176. The van der Waals surface area contributed by atoms with Gasteiger partial charge < -0.3 is 14.8 Å². The van der Waals surface area contributed by atoms with Gasteiger partial charge in [-0.15, -0.1) is 0 Å². The SMILES string of the molecule is CNC(=O)COc1ccc([N+](=O)[O-])cc1OC. The van der Waals surface area contributed by atoms with Crippen LogP contribution in [-0.2, 0) is 4.79 Å². The van der Waals surface area contributed by atoms with Gasteiger partial charge in [0.1, 0.15) is 0 Å². The minimum absolute atomic E-state index is 0.103. The van der Waals surface area contributed by atoms with E-state index in [1.807, 2.05) is 0 Å². The Bertz CT molecular complexity index is 433. The van der Waals surface area contributed by atoms with Crippen molar-refractivity contribution in [2.45, 2.75) is 0 Å². The van der Waals surface area contributed by atoms with E-state index in [0.29, 0.717) is 0 Å². The number of amides is 1. The predicted molar refractivity (Wildman–Crippen MR) is 59.2 cm³/mol. The number of nitro groups is 1. The van der Waals surface area contributed by atoms with E-state index >= 15 is 0 Å². The van der Waals surface area contributed by atoms with Crippen molar-refractivity contribution in [3.63, 3.8) is 0 Å². The summed E-state index contributed by atoms with van der Waals surface area (Å²) in [6, 6.07) is 3.90. The van der Waals surface area contributed by atoms with Crippen molar-refractivity contribution in [1.29, 1.82) is 0 Å². The molecule has 7 nitrogen and oxygen atoms in total. The molecule has 0 radical (unpaired) electrons. The molecule has 7 heteroatoms. The molecule has 0 aliphatic heterocycles. The molecular weight excluding hydrogens is 228 g/mol. The highest BCUT2D eigenvalue weighted by Gasteiger charge is 2.12. The van der Waals surface area contributed by atoms with Gasteiger partial charge in [-0.3, -0.25) is 14.9 Å². The third-order valence-corrected chi connectivity index (χ3v) is 2.00. The van der Waals surface area contributed by atoms with Gasteiger partial charge in [-0.05, 0) is 6.07 Å². The summed E-state index contributed by atoms with van der Waals surface area (Å²) in [5.41, 5.74) is -0.103. The van der Waals surface area contributed by atoms with E-state index in [1.54, 1.807) is 0 Å². The number of nitrogens with zero attached hydrogens (tertiary/aromatic N) is 1. The Balaban J connectivity index is 2.85. The molecule has 1 N–H and O–H groups in total. The van der Waals surface area contributed by atoms with Gasteiger partial charge in [0.2, 0.25) is 0 Å². The van der Waals surface area contributed by atoms with E-state index in [-0.39, 0.29) is 29.7 Å². The smallest absolute Gasteiger partial charge is 0.273 e. The van der Waals surface area contributed by atoms with Crippen molar-refractivity contribution in [1.82, 2.24) is 5.32 Å². The van der Waals surface area contributed by atoms with Gasteiger partial charge in [0, 0.05) is 13.1 Å². The number of methoxy groups -OCH3 is 1. The number of carbonyl (C=O) groups is 1. The van der Waals surface area contributed by atoms with Crippen LogP contribution < -0.4 is 14.8 Å². The van der Waals surface area contributed by atoms with Crippen molar-refractivity contribution in [3.8, 4) is 11.5 Å². The first-order chi connectivity index (χ1) is 8.08. The minimum Gasteiger partial charge on any atom is -0.493 e. The number of nitro benzene ring substituents is 1. The molecule has 1 amide bonds. The molecule has 0 heterocycles. The van der Waals surface area contributed by atoms with Gasteiger partial charge in [-0.1, -0.05) is 0 Å². The Labute approximate surface area is 97.5 Å². The molecule has 0 saturated heterocycles. The summed E-state index contributed by atoms with van der Waals surface area (Å²) >= 11 is 0. The fourth-order valence-corrected chi connectivity index (χ4v) is 1.10. The lowest BCUT2D eigenvalue weighted by Gasteiger charge is -2.09. The number of non-ortho nitro benzene ring substituents is 1. The lowest BCUT2D eigenvalue weighted by Crippen LogP contribution is -2.24. The molecule has 0 aromatic heterocycles. The Morgan fingerprint density at radius 2 is 2.18 bits per heavy atom. The fourth-order valence-electron chi connectivity index (χ4n) is 1.10. The van der Waals surface area contributed by atoms with E-state index < -0.39 is 4.92 Å². The van der Waals surface area contributed by atoms with E-state index in [9.17, 15) is 14.9 Å². The number of ether oxygens (including phenoxy) is 2. The molecule has 0 fully saturated rings. The summed E-state index contributed by atoms with van der Waals surface area (Å²) in [4.78, 5) is 21.0. The number of benzene rings is 1. The molecule has 0 spiro atoms. The average Bonchev–Trinajstić information content (AvgIpc) is 2.35. The number of hydrogen-bond donors (Lipinski definition) is 1. The van der Waals surface area contributed by atoms with Crippen LogP contribution in [-0.4, -0.2) is 31.6 Å². The molecule has 0 saturated carbocycles. The van der Waals surface area contributed by atoms with Crippen LogP contribution in [0.1, 0.15) is 0 Å². The molecule has 17 heavy (non-hydrogen) atoms. The molecule has 0 aliphatic carbocycles. The number of hydrogen-bond acceptors (Lipinski definition) is 5. The van der Waals surface area contributed by atoms with Crippen molar-refractivity contribution in [2.24, 2.45) is 0 Å². The van der Waals surface area contributed by atoms with Gasteiger partial charge in [-0.2, -0.15) is 0 Å². The monoisotopic (exact) mass is 240 g/mol. The van der Waals surface area contributed by atoms with Gasteiger partial charge in [0.15, 0.2) is 18.1 Å². The third-order valence-electron chi connectivity index (χ3n) is 2.00. The summed E-state index contributed by atoms with van der Waals surface area (Å²) in [5, 5.41) is 12.9. The molecule has 1 aromatic rings. The number of carbonyl (C=O) groups excluding carboxylic acids is 1. The first-order valence-corrected chi connectivity index (χ1v) is 4.74. The molecule has 1 aromatic carbocycles. The zero-order valence-electron chi connectivity index (χ0n) is 9.43. The van der Waals surface area contributed by atoms with Crippen LogP contribution in [0.15, 0.2) is 18.2 Å². The maximum Gasteiger partial charge on any atom is 0.273 e. The zero-order valence-corrected chi connectivity index (χ0v) is 9.43. The highest BCUT2D eigenvalue weighted by Crippen LogP contribution is 2.30. The van der Waals surface area contributed by atoms with Crippen LogP contribution in [0.2, 0.25) is 0 Å². The van der Waals surface area contributed by atoms with Crippen LogP contribution >= 0.6 is 0 Å². The lowest BCUT2D eigenvalue weighted by molar-refractivity contribution is -0.384. The summed E-state index contributed by atoms with van der Waals surface area (Å²) in [7, 11) is 2.85. The van der Waals surface area contributed by atoms with E-state index in [2.05, 4.69) is 5.32 Å². The second-order valence-corrected chi connectivity index (χ2v) is 3.05. The van der Waals surface area contributed by atoms with Gasteiger partial charge >= 0.3 is 0 Å². The molecular formula is C10H12N2O5. The molecule has 0 atom stereocenters. The largest absolute Gasteiger partial charge is 0.493 e. The van der Waals surface area contributed by atoms with Crippen LogP contribution in [0.3, 0.4) is 0 Å². The second-order valence-electron chi connectivity index (χ2n) is 3.05. The van der Waals surface area contributed by atoms with Crippen molar-refractivity contribution in [2.75, 3.05) is 20.8 Å². The van der Waals surface area contributed by atoms with Crippen molar-refractivity contribution in [3.05, 3.63) is 28.3 Å². The number of likely N-dealkylation sites (N-methyl/N-ethyl adjacent to an activating group) is 1. The van der Waals surface area contributed by atoms with Crippen LogP contribution in [0, 0.1) is 10.1 Å². The Morgan fingerprint density at radius 3 is 2.71 bits per heavy atom. The summed E-state index contributed by atoms with van der Waals surface area (Å²) < 4.78 is 10.1. The van der Waals surface area contributed by atoms with Crippen molar-refractivity contribution >= 4 is 11.6 Å². The summed E-state index contributed by atoms with van der Waals surface area (Å²) in [6.07, 6.45) is 0. The first-order valence-electron chi connectivity index (χ1n) is 4.74. The quantitative estimate of drug-likeness (QED) is 0.605. The number of nitrogens with one attached hydrogen (secondary N) is 1. The molecule has 0 aliphatic rings. The minimum atomic E-state index is -0.537. The second kappa shape index (κ2) is 5.69. The topological polar surface area (TPSA) is 90.7 Å². The first kappa shape index (κ1) is 12.8. The Hall–Kier alpha value is -2.31. The molecule has 92 valence electrons. The Morgan fingerprint density at radius 1 is 1.47 bits per heavy atom. The molecule has 0 bridgehead atoms. The zero-order chi connectivity index (χ0) is 12.8. The maximum atomic E-state index is 11.0. The summed E-state index contributed by atoms with van der Waals surface area (Å²) in [5.74, 6) is 0.190. The normalized spacial score (nSPS) is 9.53. The van der Waals surface area contributed by atoms with E-state index in [4.69, 9.17) is 9.47 Å². The van der Waals surface area contributed by atoms with E-state index in [1.165, 1.54) is 32.4 Å². The highest BCUT2D eigenvalue weighted by molar-refractivity contribution is 5.77. The van der Waals surface area contributed by atoms with Crippen LogP contribution in [0.25, 0.3) is 0 Å². The fraction of sp³-hybridized carbons (Fsp3) is 0.300. The number of rotatable bonds is 5. The van der Waals surface area contributed by atoms with Crippen LogP contribution in [0.5, 0.6) is 11.5 Å². The highest BCUT2D eigenvalue weighted by atomic mass is 16.6. The van der Waals surface area contributed by atoms with Gasteiger partial charge in [0.05, 0.1) is 18.1 Å². The predicted octanol–water partition coefficient (Wildman–Crippen LogP) is 0.728. The maximum absolute atomic E-state index is 11.0. The van der Waals surface area contributed by atoms with Crippen molar-refractivity contribution < 1.29 is 19.2 Å². The van der Waals surface area contributed by atoms with E-state index in [0.717, 1.165) is 0 Å². The van der Waals surface area contributed by atoms with Gasteiger partial charge in [0.25, 0.3) is 11.6 Å². The average molecular weight is 240 g/mol. The molecule has 0 unspecified atom stereocenters. The standard InChI is InChI=1S/C10H12N2O5/c1-11-10(13)6-17-8-4-3-7(12(14)15)5-9(8)16-2/h3-5H,6H2,1-2H3,(H,11,13). The Kier molecular flexibility index (Phi) is 4.27. The van der Waals surface area contributed by atoms with Gasteiger partial charge in [-0.25, -0.2) is 0 Å². The third kappa shape index (κ3) is 3.33.